The van der Waals surface area contributed by atoms with Crippen LogP contribution in [0.3, 0.4) is 0 Å². The summed E-state index contributed by atoms with van der Waals surface area (Å²) >= 11 is 0. The monoisotopic (exact) mass is 302 g/mol. The third-order valence-electron chi connectivity index (χ3n) is 3.78. The molecular weight excluding hydrogens is 280 g/mol. The zero-order valence-corrected chi connectivity index (χ0v) is 13.4. The first-order valence-corrected chi connectivity index (χ1v) is 7.31. The fourth-order valence-electron chi connectivity index (χ4n) is 2.70. The van der Waals surface area contributed by atoms with Gasteiger partial charge in [-0.25, -0.2) is 0 Å². The Morgan fingerprint density at radius 3 is 2.14 bits per heavy atom. The molecule has 2 rings (SSSR count). The van der Waals surface area contributed by atoms with Gasteiger partial charge in [-0.3, -0.25) is 0 Å². The van der Waals surface area contributed by atoms with E-state index < -0.39 is 0 Å². The van der Waals surface area contributed by atoms with Gasteiger partial charge in [0.1, 0.15) is 5.75 Å². The second-order valence-electron chi connectivity index (χ2n) is 5.18. The molecule has 0 atom stereocenters. The lowest BCUT2D eigenvalue weighted by Crippen LogP contribution is -1.99. The quantitative estimate of drug-likeness (QED) is 0.875. The Morgan fingerprint density at radius 1 is 0.955 bits per heavy atom. The van der Waals surface area contributed by atoms with Crippen molar-refractivity contribution in [2.45, 2.75) is 26.7 Å². The van der Waals surface area contributed by atoms with E-state index in [9.17, 15) is 10.2 Å². The highest BCUT2D eigenvalue weighted by atomic mass is 16.5. The van der Waals surface area contributed by atoms with Crippen LogP contribution in [0.2, 0.25) is 0 Å². The molecule has 4 nitrogen and oxygen atoms in total. The molecule has 4 heteroatoms. The molecule has 0 saturated heterocycles. The van der Waals surface area contributed by atoms with Crippen LogP contribution in [-0.2, 0) is 6.42 Å². The highest BCUT2D eigenvalue weighted by Gasteiger charge is 2.26. The molecule has 0 saturated carbocycles. The van der Waals surface area contributed by atoms with E-state index in [0.717, 1.165) is 17.5 Å². The first kappa shape index (κ1) is 16.0. The number of benzene rings is 2. The maximum Gasteiger partial charge on any atom is 0.204 e. The number of hydrogen-bond acceptors (Lipinski definition) is 4. The molecule has 0 aromatic heterocycles. The van der Waals surface area contributed by atoms with Crippen molar-refractivity contribution in [2.24, 2.45) is 0 Å². The predicted molar refractivity (Wildman–Crippen MR) is 87.0 cm³/mol. The van der Waals surface area contributed by atoms with E-state index in [4.69, 9.17) is 9.47 Å². The van der Waals surface area contributed by atoms with E-state index in [-0.39, 0.29) is 17.2 Å². The van der Waals surface area contributed by atoms with E-state index in [1.807, 2.05) is 38.1 Å². The van der Waals surface area contributed by atoms with Gasteiger partial charge in [-0.05, 0) is 24.5 Å². The van der Waals surface area contributed by atoms with Crippen molar-refractivity contribution >= 4 is 0 Å². The molecular formula is C18H22O4. The fraction of sp³-hybridized carbons (Fsp3) is 0.333. The van der Waals surface area contributed by atoms with Crippen LogP contribution in [0.4, 0.5) is 0 Å². The van der Waals surface area contributed by atoms with E-state index >= 15 is 0 Å². The van der Waals surface area contributed by atoms with Gasteiger partial charge in [0.2, 0.25) is 5.75 Å². The van der Waals surface area contributed by atoms with E-state index in [1.54, 1.807) is 0 Å². The van der Waals surface area contributed by atoms with Crippen LogP contribution in [0.5, 0.6) is 23.0 Å². The molecule has 2 aromatic rings. The van der Waals surface area contributed by atoms with Gasteiger partial charge < -0.3 is 19.7 Å². The Kier molecular flexibility index (Phi) is 4.81. The zero-order chi connectivity index (χ0) is 16.3. The number of aryl methyl sites for hydroxylation is 1. The average molecular weight is 302 g/mol. The second-order valence-corrected chi connectivity index (χ2v) is 5.18. The third kappa shape index (κ3) is 2.56. The van der Waals surface area contributed by atoms with Gasteiger partial charge in [-0.15, -0.1) is 0 Å². The molecule has 0 fully saturated rings. The SMILES string of the molecule is CCCc1c(O)c(OC)c(OC)c(-c2ccccc2C)c1O. The minimum atomic E-state index is -0.0592. The molecule has 0 amide bonds. The Bertz CT molecular complexity index is 677. The lowest BCUT2D eigenvalue weighted by Gasteiger charge is -2.20. The van der Waals surface area contributed by atoms with E-state index in [0.29, 0.717) is 23.3 Å². The third-order valence-corrected chi connectivity index (χ3v) is 3.78. The van der Waals surface area contributed by atoms with Crippen LogP contribution < -0.4 is 9.47 Å². The van der Waals surface area contributed by atoms with Crippen molar-refractivity contribution < 1.29 is 19.7 Å². The number of phenols is 2. The number of hydrogen-bond donors (Lipinski definition) is 2. The molecule has 0 heterocycles. The highest BCUT2D eigenvalue weighted by molar-refractivity contribution is 5.85. The van der Waals surface area contributed by atoms with Crippen LogP contribution >= 0.6 is 0 Å². The Hall–Kier alpha value is -2.36. The summed E-state index contributed by atoms with van der Waals surface area (Å²) in [7, 11) is 2.98. The van der Waals surface area contributed by atoms with Gasteiger partial charge >= 0.3 is 0 Å². The smallest absolute Gasteiger partial charge is 0.204 e. The summed E-state index contributed by atoms with van der Waals surface area (Å²) in [6.07, 6.45) is 1.35. The van der Waals surface area contributed by atoms with Crippen molar-refractivity contribution in [3.63, 3.8) is 0 Å². The summed E-state index contributed by atoms with van der Waals surface area (Å²) in [5.41, 5.74) is 2.90. The summed E-state index contributed by atoms with van der Waals surface area (Å²) in [4.78, 5) is 0. The Labute approximate surface area is 130 Å². The number of aromatic hydroxyl groups is 2. The van der Waals surface area contributed by atoms with Gasteiger partial charge in [-0.1, -0.05) is 37.6 Å². The maximum atomic E-state index is 10.7. The molecule has 0 unspecified atom stereocenters. The Morgan fingerprint density at radius 2 is 1.59 bits per heavy atom. The lowest BCUT2D eigenvalue weighted by molar-refractivity contribution is 0.327. The summed E-state index contributed by atoms with van der Waals surface area (Å²) in [6, 6.07) is 7.72. The average Bonchev–Trinajstić information content (AvgIpc) is 2.52. The summed E-state index contributed by atoms with van der Waals surface area (Å²) in [5.74, 6) is 0.580. The first-order chi connectivity index (χ1) is 10.6. The maximum absolute atomic E-state index is 10.7. The van der Waals surface area contributed by atoms with E-state index in [2.05, 4.69) is 0 Å². The fourth-order valence-corrected chi connectivity index (χ4v) is 2.70. The topological polar surface area (TPSA) is 58.9 Å². The van der Waals surface area contributed by atoms with Gasteiger partial charge in [0.15, 0.2) is 11.5 Å². The molecule has 22 heavy (non-hydrogen) atoms. The number of methoxy groups -OCH3 is 2. The summed E-state index contributed by atoms with van der Waals surface area (Å²) in [5, 5.41) is 21.1. The Balaban J connectivity index is 2.87. The van der Waals surface area contributed by atoms with Crippen LogP contribution in [0, 0.1) is 6.92 Å². The minimum absolute atomic E-state index is 0.0475. The van der Waals surface area contributed by atoms with Crippen LogP contribution in [-0.4, -0.2) is 24.4 Å². The number of ether oxygens (including phenoxy) is 2. The summed E-state index contributed by atoms with van der Waals surface area (Å²) < 4.78 is 10.8. The molecule has 0 bridgehead atoms. The molecule has 118 valence electrons. The highest BCUT2D eigenvalue weighted by Crippen LogP contribution is 2.53. The van der Waals surface area contributed by atoms with Crippen LogP contribution in [0.15, 0.2) is 24.3 Å². The van der Waals surface area contributed by atoms with Crippen molar-refractivity contribution in [2.75, 3.05) is 14.2 Å². The lowest BCUT2D eigenvalue weighted by atomic mass is 9.94. The van der Waals surface area contributed by atoms with E-state index in [1.165, 1.54) is 14.2 Å². The standard InChI is InChI=1S/C18H22O4/c1-5-8-13-15(19)14(12-10-7-6-9-11(12)2)17(21-3)18(22-4)16(13)20/h6-7,9-10,19-20H,5,8H2,1-4H3. The molecule has 2 aromatic carbocycles. The molecule has 0 radical (unpaired) electrons. The molecule has 0 spiro atoms. The predicted octanol–water partition coefficient (Wildman–Crippen LogP) is 4.04. The number of phenolic OH excluding ortho intramolecular Hbond substituents is 2. The van der Waals surface area contributed by atoms with Crippen molar-refractivity contribution in [3.05, 3.63) is 35.4 Å². The van der Waals surface area contributed by atoms with Crippen molar-refractivity contribution in [3.8, 4) is 34.1 Å². The van der Waals surface area contributed by atoms with Crippen LogP contribution in [0.1, 0.15) is 24.5 Å². The molecule has 0 aliphatic rings. The molecule has 2 N–H and O–H groups in total. The van der Waals surface area contributed by atoms with Gasteiger partial charge in [0.25, 0.3) is 0 Å². The normalized spacial score (nSPS) is 10.5. The minimum Gasteiger partial charge on any atom is -0.507 e. The van der Waals surface area contributed by atoms with Crippen LogP contribution in [0.25, 0.3) is 11.1 Å². The van der Waals surface area contributed by atoms with Gasteiger partial charge in [0.05, 0.1) is 19.8 Å². The first-order valence-electron chi connectivity index (χ1n) is 7.31. The largest absolute Gasteiger partial charge is 0.507 e. The summed E-state index contributed by atoms with van der Waals surface area (Å²) in [6.45, 7) is 3.95. The van der Waals surface area contributed by atoms with Crippen molar-refractivity contribution in [1.29, 1.82) is 0 Å². The molecule has 0 aliphatic carbocycles. The van der Waals surface area contributed by atoms with Gasteiger partial charge in [-0.2, -0.15) is 0 Å². The van der Waals surface area contributed by atoms with Gasteiger partial charge in [0, 0.05) is 5.56 Å². The molecule has 0 aliphatic heterocycles. The zero-order valence-electron chi connectivity index (χ0n) is 13.4. The number of rotatable bonds is 5. The second kappa shape index (κ2) is 6.60. The van der Waals surface area contributed by atoms with Crippen molar-refractivity contribution in [1.82, 2.24) is 0 Å².